The molecule has 0 fully saturated rings. The fraction of sp³-hybridized carbons (Fsp3) is 0.241. The number of benzene rings is 3. The summed E-state index contributed by atoms with van der Waals surface area (Å²) in [5.74, 6) is 0.0907. The third-order valence-corrected chi connectivity index (χ3v) is 7.78. The molecule has 4 rings (SSSR count). The van der Waals surface area contributed by atoms with E-state index in [1.54, 1.807) is 31.4 Å². The van der Waals surface area contributed by atoms with Crippen molar-refractivity contribution in [3.8, 4) is 5.75 Å². The Morgan fingerprint density at radius 2 is 1.72 bits per heavy atom. The predicted octanol–water partition coefficient (Wildman–Crippen LogP) is 5.36. The smallest absolute Gasteiger partial charge is 0.357 e. The second-order valence-corrected chi connectivity index (χ2v) is 11.1. The minimum Gasteiger partial charge on any atom is -0.497 e. The number of nitrogens with one attached hydrogen (secondary N) is 2. The van der Waals surface area contributed by atoms with E-state index in [0.29, 0.717) is 18.6 Å². The normalized spacial score (nSPS) is 12.9. The highest BCUT2D eigenvalue weighted by Gasteiger charge is 2.26. The van der Waals surface area contributed by atoms with Crippen LogP contribution in [0.1, 0.15) is 46.3 Å². The van der Waals surface area contributed by atoms with Crippen LogP contribution in [-0.2, 0) is 34.4 Å². The lowest BCUT2D eigenvalue weighted by Gasteiger charge is -2.23. The first-order valence-corrected chi connectivity index (χ1v) is 14.8. The monoisotopic (exact) mass is 565 g/mol. The van der Waals surface area contributed by atoms with Gasteiger partial charge >= 0.3 is 10.3 Å². The molecule has 204 valence electrons. The summed E-state index contributed by atoms with van der Waals surface area (Å²) in [7, 11) is -2.76. The molecule has 39 heavy (non-hydrogen) atoms. The molecule has 0 bridgehead atoms. The number of thiazole rings is 1. The Kier molecular flexibility index (Phi) is 9.34. The zero-order valence-corrected chi connectivity index (χ0v) is 23.3. The minimum atomic E-state index is -4.36. The topological polar surface area (TPSA) is 118 Å². The Labute approximate surface area is 233 Å². The summed E-state index contributed by atoms with van der Waals surface area (Å²) in [5, 5.41) is 6.04. The van der Waals surface area contributed by atoms with Crippen LogP contribution in [0.3, 0.4) is 0 Å². The van der Waals surface area contributed by atoms with E-state index in [0.717, 1.165) is 33.8 Å². The third kappa shape index (κ3) is 8.13. The van der Waals surface area contributed by atoms with Crippen molar-refractivity contribution < 1.29 is 22.5 Å². The van der Waals surface area contributed by atoms with Crippen LogP contribution in [0.2, 0.25) is 0 Å². The molecular weight excluding hydrogens is 534 g/mol. The summed E-state index contributed by atoms with van der Waals surface area (Å²) in [4.78, 5) is 18.7. The number of ether oxygens (including phenoxy) is 1. The fourth-order valence-corrected chi connectivity index (χ4v) is 5.67. The number of rotatable bonds is 12. The SMILES string of the molecule is CCc1csc([C@H](Cc2ccc(NS(=O)(=O)O)cc2)NC(=O)[C@@H](Cc2ccccc2)c2cccc(OC)c2)n1. The van der Waals surface area contributed by atoms with Crippen LogP contribution in [0.5, 0.6) is 5.75 Å². The van der Waals surface area contributed by atoms with Gasteiger partial charge in [0.25, 0.3) is 0 Å². The molecule has 0 saturated carbocycles. The highest BCUT2D eigenvalue weighted by molar-refractivity contribution is 7.87. The Bertz CT molecular complexity index is 1490. The number of methoxy groups -OCH3 is 1. The van der Waals surface area contributed by atoms with E-state index >= 15 is 0 Å². The second-order valence-electron chi connectivity index (χ2n) is 9.09. The highest BCUT2D eigenvalue weighted by atomic mass is 32.2. The number of hydrogen-bond donors (Lipinski definition) is 3. The Hall–Kier alpha value is -3.73. The van der Waals surface area contributed by atoms with Gasteiger partial charge in [-0.05, 0) is 60.2 Å². The number of carbonyl (C=O) groups excluding carboxylic acids is 1. The summed E-state index contributed by atoms with van der Waals surface area (Å²) in [6.07, 6.45) is 1.75. The summed E-state index contributed by atoms with van der Waals surface area (Å²) in [5.41, 5.74) is 3.96. The van der Waals surface area contributed by atoms with Gasteiger partial charge in [-0.25, -0.2) is 4.98 Å². The molecule has 1 aromatic heterocycles. The summed E-state index contributed by atoms with van der Waals surface area (Å²) >= 11 is 1.50. The van der Waals surface area contributed by atoms with Gasteiger partial charge in [-0.2, -0.15) is 8.42 Å². The average Bonchev–Trinajstić information content (AvgIpc) is 3.41. The maximum absolute atomic E-state index is 13.9. The molecule has 8 nitrogen and oxygen atoms in total. The van der Waals surface area contributed by atoms with Gasteiger partial charge in [0.2, 0.25) is 5.91 Å². The van der Waals surface area contributed by atoms with Gasteiger partial charge in [-0.1, -0.05) is 61.5 Å². The quantitative estimate of drug-likeness (QED) is 0.199. The average molecular weight is 566 g/mol. The molecule has 10 heteroatoms. The van der Waals surface area contributed by atoms with Gasteiger partial charge in [0.15, 0.2) is 0 Å². The number of aryl methyl sites for hydroxylation is 1. The second kappa shape index (κ2) is 12.9. The van der Waals surface area contributed by atoms with Gasteiger partial charge in [-0.3, -0.25) is 14.1 Å². The van der Waals surface area contributed by atoms with Crippen LogP contribution in [0.4, 0.5) is 5.69 Å². The number of amides is 1. The largest absolute Gasteiger partial charge is 0.497 e. The highest BCUT2D eigenvalue weighted by Crippen LogP contribution is 2.28. The third-order valence-electron chi connectivity index (χ3n) is 6.28. The summed E-state index contributed by atoms with van der Waals surface area (Å²) < 4.78 is 38.8. The van der Waals surface area contributed by atoms with Gasteiger partial charge in [0.1, 0.15) is 10.8 Å². The summed E-state index contributed by atoms with van der Waals surface area (Å²) in [6.45, 7) is 2.03. The molecule has 4 aromatic rings. The number of aromatic nitrogens is 1. The Morgan fingerprint density at radius 3 is 2.36 bits per heavy atom. The first-order chi connectivity index (χ1) is 18.7. The van der Waals surface area contributed by atoms with E-state index in [-0.39, 0.29) is 11.6 Å². The van der Waals surface area contributed by atoms with Crippen molar-refractivity contribution in [1.29, 1.82) is 0 Å². The maximum atomic E-state index is 13.9. The van der Waals surface area contributed by atoms with E-state index in [2.05, 4.69) is 5.32 Å². The maximum Gasteiger partial charge on any atom is 0.357 e. The molecule has 2 atom stereocenters. The van der Waals surface area contributed by atoms with E-state index < -0.39 is 22.3 Å². The van der Waals surface area contributed by atoms with Crippen molar-refractivity contribution in [2.45, 2.75) is 38.1 Å². The molecule has 0 aliphatic heterocycles. The van der Waals surface area contributed by atoms with Gasteiger partial charge < -0.3 is 10.1 Å². The lowest BCUT2D eigenvalue weighted by Crippen LogP contribution is -2.35. The van der Waals surface area contributed by atoms with E-state index in [9.17, 15) is 13.2 Å². The van der Waals surface area contributed by atoms with Crippen molar-refractivity contribution in [2.24, 2.45) is 0 Å². The zero-order valence-electron chi connectivity index (χ0n) is 21.7. The van der Waals surface area contributed by atoms with Gasteiger partial charge in [-0.15, -0.1) is 11.3 Å². The van der Waals surface area contributed by atoms with Crippen LogP contribution in [0.15, 0.2) is 84.2 Å². The van der Waals surface area contributed by atoms with Crippen molar-refractivity contribution in [2.75, 3.05) is 11.8 Å². The lowest BCUT2D eigenvalue weighted by molar-refractivity contribution is -0.123. The Morgan fingerprint density at radius 1 is 1.00 bits per heavy atom. The molecule has 0 aliphatic carbocycles. The number of anilines is 1. The number of hydrogen-bond acceptors (Lipinski definition) is 6. The van der Waals surface area contributed by atoms with Crippen LogP contribution < -0.4 is 14.8 Å². The van der Waals surface area contributed by atoms with E-state index in [1.807, 2.05) is 71.6 Å². The van der Waals surface area contributed by atoms with E-state index in [4.69, 9.17) is 14.3 Å². The standard InChI is InChI=1S/C29H31N3O5S2/c1-3-23-19-38-29(30-23)27(17-21-12-14-24(15-13-21)32-39(34,35)36)31-28(33)26(16-20-8-5-4-6-9-20)22-10-7-11-25(18-22)37-2/h4-15,18-19,26-27,32H,3,16-17H2,1-2H3,(H,31,33)(H,34,35,36)/t26-,27-/m0/s1. The molecule has 1 heterocycles. The number of nitrogens with zero attached hydrogens (tertiary/aromatic N) is 1. The molecule has 3 aromatic carbocycles. The number of carbonyl (C=O) groups is 1. The molecule has 0 radical (unpaired) electrons. The van der Waals surface area contributed by atoms with Gasteiger partial charge in [0.05, 0.1) is 30.5 Å². The van der Waals surface area contributed by atoms with Crippen LogP contribution in [-0.4, -0.2) is 31.0 Å². The lowest BCUT2D eigenvalue weighted by atomic mass is 9.90. The summed E-state index contributed by atoms with van der Waals surface area (Å²) in [6, 6.07) is 23.7. The molecule has 0 saturated heterocycles. The first kappa shape index (κ1) is 28.3. The predicted molar refractivity (Wildman–Crippen MR) is 154 cm³/mol. The van der Waals surface area contributed by atoms with Crippen LogP contribution in [0, 0.1) is 0 Å². The van der Waals surface area contributed by atoms with Crippen molar-refractivity contribution in [3.05, 3.63) is 112 Å². The fourth-order valence-electron chi connectivity index (χ4n) is 4.28. The first-order valence-electron chi connectivity index (χ1n) is 12.5. The van der Waals surface area contributed by atoms with Crippen molar-refractivity contribution in [1.82, 2.24) is 10.3 Å². The molecule has 0 aliphatic rings. The van der Waals surface area contributed by atoms with Crippen molar-refractivity contribution in [3.63, 3.8) is 0 Å². The molecule has 1 amide bonds. The zero-order chi connectivity index (χ0) is 27.8. The Balaban J connectivity index is 1.62. The van der Waals surface area contributed by atoms with E-state index in [1.165, 1.54) is 11.3 Å². The van der Waals surface area contributed by atoms with Crippen molar-refractivity contribution >= 4 is 33.2 Å². The minimum absolute atomic E-state index is 0.130. The van der Waals surface area contributed by atoms with Crippen LogP contribution >= 0.6 is 11.3 Å². The van der Waals surface area contributed by atoms with Crippen LogP contribution in [0.25, 0.3) is 0 Å². The molecule has 0 spiro atoms. The molecular formula is C29H31N3O5S2. The molecule has 0 unspecified atom stereocenters. The molecule has 3 N–H and O–H groups in total. The van der Waals surface area contributed by atoms with Gasteiger partial charge in [0, 0.05) is 5.38 Å².